The van der Waals surface area contributed by atoms with E-state index in [1.807, 2.05) is 48.5 Å². The Morgan fingerprint density at radius 2 is 1.89 bits per heavy atom. The van der Waals surface area contributed by atoms with E-state index in [0.29, 0.717) is 6.61 Å². The quantitative estimate of drug-likeness (QED) is 0.587. The van der Waals surface area contributed by atoms with Crippen LogP contribution in [-0.4, -0.2) is 6.21 Å². The maximum atomic E-state index is 5.25. The van der Waals surface area contributed by atoms with Crippen molar-refractivity contribution in [3.63, 3.8) is 0 Å². The monoisotopic (exact) mass is 314 g/mol. The topological polar surface area (TPSA) is 21.6 Å². The van der Waals surface area contributed by atoms with Crippen LogP contribution >= 0.6 is 15.9 Å². The van der Waals surface area contributed by atoms with Crippen molar-refractivity contribution >= 4 is 28.2 Å². The zero-order valence-electron chi connectivity index (χ0n) is 10.3. The second-order valence-corrected chi connectivity index (χ2v) is 4.80. The van der Waals surface area contributed by atoms with Gasteiger partial charge in [0.05, 0.1) is 0 Å². The van der Waals surface area contributed by atoms with Gasteiger partial charge in [-0.25, -0.2) is 0 Å². The van der Waals surface area contributed by atoms with Crippen molar-refractivity contribution in [2.45, 2.75) is 6.61 Å². The summed E-state index contributed by atoms with van der Waals surface area (Å²) in [6.07, 6.45) is 4.64. The van der Waals surface area contributed by atoms with E-state index in [2.05, 4.69) is 33.9 Å². The highest BCUT2D eigenvalue weighted by Crippen LogP contribution is 2.12. The van der Waals surface area contributed by atoms with E-state index in [1.165, 1.54) is 0 Å². The third kappa shape index (κ3) is 4.07. The number of nitrogens with zero attached hydrogens (tertiary/aromatic N) is 1. The molecule has 2 rings (SSSR count). The van der Waals surface area contributed by atoms with Crippen LogP contribution in [0.1, 0.15) is 16.7 Å². The SMILES string of the molecule is C=Cc1ccccc1CO/N=[C]\c1ccc(Br)cc1. The molecule has 2 aromatic rings. The molecule has 3 heteroatoms. The Labute approximate surface area is 121 Å². The van der Waals surface area contributed by atoms with Gasteiger partial charge in [-0.05, 0) is 23.3 Å². The van der Waals surface area contributed by atoms with Crippen LogP contribution in [0.15, 0.2) is 64.7 Å². The van der Waals surface area contributed by atoms with E-state index in [1.54, 1.807) is 6.08 Å². The van der Waals surface area contributed by atoms with Crippen LogP contribution in [0.4, 0.5) is 0 Å². The van der Waals surface area contributed by atoms with Crippen LogP contribution in [0.2, 0.25) is 0 Å². The Kier molecular flexibility index (Phi) is 4.93. The van der Waals surface area contributed by atoms with Gasteiger partial charge in [-0.3, -0.25) is 0 Å². The molecule has 0 amide bonds. The lowest BCUT2D eigenvalue weighted by Crippen LogP contribution is -1.91. The van der Waals surface area contributed by atoms with Crippen molar-refractivity contribution in [2.75, 3.05) is 0 Å². The molecule has 95 valence electrons. The van der Waals surface area contributed by atoms with Crippen LogP contribution in [-0.2, 0) is 11.4 Å². The van der Waals surface area contributed by atoms with Crippen LogP contribution in [0.5, 0.6) is 0 Å². The van der Waals surface area contributed by atoms with Gasteiger partial charge in [0.1, 0.15) is 12.8 Å². The lowest BCUT2D eigenvalue weighted by Gasteiger charge is -2.03. The number of benzene rings is 2. The first-order valence-corrected chi connectivity index (χ1v) is 6.63. The van der Waals surface area contributed by atoms with Gasteiger partial charge in [0.2, 0.25) is 0 Å². The molecule has 0 saturated heterocycles. The molecule has 0 N–H and O–H groups in total. The van der Waals surface area contributed by atoms with E-state index in [9.17, 15) is 0 Å². The predicted molar refractivity (Wildman–Crippen MR) is 82.0 cm³/mol. The molecule has 0 aliphatic heterocycles. The molecule has 0 spiro atoms. The molecule has 2 aromatic carbocycles. The fourth-order valence-corrected chi connectivity index (χ4v) is 1.84. The number of hydrogen-bond donors (Lipinski definition) is 0. The number of halogens is 1. The van der Waals surface area contributed by atoms with Crippen molar-refractivity contribution < 1.29 is 4.84 Å². The molecule has 0 bridgehead atoms. The van der Waals surface area contributed by atoms with Crippen LogP contribution in [0.25, 0.3) is 6.08 Å². The average Bonchev–Trinajstić information content (AvgIpc) is 2.46. The summed E-state index contributed by atoms with van der Waals surface area (Å²) in [6, 6.07) is 15.6. The Morgan fingerprint density at radius 3 is 2.63 bits per heavy atom. The van der Waals surface area contributed by atoms with Crippen molar-refractivity contribution in [1.29, 1.82) is 0 Å². The molecule has 0 heterocycles. The summed E-state index contributed by atoms with van der Waals surface area (Å²) < 4.78 is 1.03. The van der Waals surface area contributed by atoms with Crippen molar-refractivity contribution in [3.05, 3.63) is 76.3 Å². The van der Waals surface area contributed by atoms with Crippen LogP contribution in [0.3, 0.4) is 0 Å². The Balaban J connectivity index is 1.93. The Bertz CT molecular complexity index is 576. The number of rotatable bonds is 5. The maximum Gasteiger partial charge on any atom is 0.142 e. The van der Waals surface area contributed by atoms with Crippen molar-refractivity contribution in [1.82, 2.24) is 0 Å². The summed E-state index contributed by atoms with van der Waals surface area (Å²) in [5.41, 5.74) is 2.99. The van der Waals surface area contributed by atoms with Crippen molar-refractivity contribution in [2.24, 2.45) is 5.16 Å². The lowest BCUT2D eigenvalue weighted by atomic mass is 10.1. The fourth-order valence-electron chi connectivity index (χ4n) is 1.58. The smallest absolute Gasteiger partial charge is 0.142 e. The molecule has 19 heavy (non-hydrogen) atoms. The van der Waals surface area contributed by atoms with Crippen molar-refractivity contribution in [3.8, 4) is 0 Å². The molecule has 1 radical (unpaired) electrons. The maximum absolute atomic E-state index is 5.25. The minimum Gasteiger partial charge on any atom is -0.390 e. The summed E-state index contributed by atoms with van der Waals surface area (Å²) in [7, 11) is 0. The minimum atomic E-state index is 0.408. The third-order valence-corrected chi connectivity index (χ3v) is 3.11. The first-order chi connectivity index (χ1) is 9.29. The predicted octanol–water partition coefficient (Wildman–Crippen LogP) is 4.52. The minimum absolute atomic E-state index is 0.408. The van der Waals surface area contributed by atoms with Gasteiger partial charge in [0.25, 0.3) is 0 Å². The van der Waals surface area contributed by atoms with Gasteiger partial charge < -0.3 is 4.84 Å². The molecular formula is C16H13BrNO. The highest BCUT2D eigenvalue weighted by atomic mass is 79.9. The van der Waals surface area contributed by atoms with Gasteiger partial charge in [-0.1, -0.05) is 70.1 Å². The van der Waals surface area contributed by atoms with Crippen LogP contribution in [0, 0.1) is 0 Å². The normalized spacial score (nSPS) is 10.6. The van der Waals surface area contributed by atoms with E-state index in [4.69, 9.17) is 4.84 Å². The first-order valence-electron chi connectivity index (χ1n) is 5.83. The third-order valence-electron chi connectivity index (χ3n) is 2.58. The van der Waals surface area contributed by atoms with Crippen LogP contribution < -0.4 is 0 Å². The average molecular weight is 315 g/mol. The van der Waals surface area contributed by atoms with Gasteiger partial charge in [0.15, 0.2) is 0 Å². The molecule has 2 nitrogen and oxygen atoms in total. The van der Waals surface area contributed by atoms with Gasteiger partial charge >= 0.3 is 0 Å². The summed E-state index contributed by atoms with van der Waals surface area (Å²) in [5.74, 6) is 0. The summed E-state index contributed by atoms with van der Waals surface area (Å²) in [4.78, 5) is 5.25. The molecule has 0 aromatic heterocycles. The second-order valence-electron chi connectivity index (χ2n) is 3.89. The highest BCUT2D eigenvalue weighted by molar-refractivity contribution is 9.10. The van der Waals surface area contributed by atoms with E-state index < -0.39 is 0 Å². The van der Waals surface area contributed by atoms with E-state index in [0.717, 1.165) is 21.2 Å². The fraction of sp³-hybridized carbons (Fsp3) is 0.0625. The van der Waals surface area contributed by atoms with Gasteiger partial charge in [0, 0.05) is 10.0 Å². The molecule has 0 unspecified atom stereocenters. The van der Waals surface area contributed by atoms with E-state index in [-0.39, 0.29) is 0 Å². The van der Waals surface area contributed by atoms with Gasteiger partial charge in [-0.2, -0.15) is 0 Å². The second kappa shape index (κ2) is 6.90. The standard InChI is InChI=1S/C16H13BrNO/c1-2-14-5-3-4-6-15(14)12-19-18-11-13-7-9-16(17)10-8-13/h2-10H,1,12H2. The van der Waals surface area contributed by atoms with Gasteiger partial charge in [-0.15, -0.1) is 0 Å². The summed E-state index contributed by atoms with van der Waals surface area (Å²) in [6.45, 7) is 4.18. The summed E-state index contributed by atoms with van der Waals surface area (Å²) in [5, 5.41) is 3.84. The summed E-state index contributed by atoms with van der Waals surface area (Å²) >= 11 is 3.37. The molecular weight excluding hydrogens is 302 g/mol. The molecule has 0 atom stereocenters. The zero-order valence-corrected chi connectivity index (χ0v) is 11.9. The molecule has 0 aliphatic carbocycles. The Hall–Kier alpha value is -1.87. The van der Waals surface area contributed by atoms with E-state index >= 15 is 0 Å². The number of hydrogen-bond acceptors (Lipinski definition) is 2. The zero-order chi connectivity index (χ0) is 13.5. The first kappa shape index (κ1) is 13.6. The lowest BCUT2D eigenvalue weighted by molar-refractivity contribution is 0.132. The Morgan fingerprint density at radius 1 is 1.16 bits per heavy atom. The highest BCUT2D eigenvalue weighted by Gasteiger charge is 1.97. The largest absolute Gasteiger partial charge is 0.390 e. The molecule has 0 saturated carbocycles. The molecule has 0 aliphatic rings. The molecule has 0 fully saturated rings.